The van der Waals surface area contributed by atoms with Crippen LogP contribution in [0.15, 0.2) is 0 Å². The first-order chi connectivity index (χ1) is 2.81. The van der Waals surface area contributed by atoms with Gasteiger partial charge < -0.3 is 0 Å². The van der Waals surface area contributed by atoms with Crippen molar-refractivity contribution in [2.75, 3.05) is 0 Å². The van der Waals surface area contributed by atoms with E-state index in [1.807, 2.05) is 0 Å². The first-order valence-corrected chi connectivity index (χ1v) is 4.42. The summed E-state index contributed by atoms with van der Waals surface area (Å²) in [5, 5.41) is 15.7. The van der Waals surface area contributed by atoms with Gasteiger partial charge in [0.1, 0.15) is 11.6 Å². The van der Waals surface area contributed by atoms with Gasteiger partial charge in [-0.05, 0) is 15.5 Å². The van der Waals surface area contributed by atoms with E-state index in [0.29, 0.717) is 0 Å². The van der Waals surface area contributed by atoms with E-state index in [-0.39, 0.29) is 0 Å². The number of nitriles is 2. The smallest absolute Gasteiger partial charge is 0.179 e. The summed E-state index contributed by atoms with van der Waals surface area (Å²) in [4.78, 5) is 0. The molecule has 0 aliphatic heterocycles. The molecule has 6 heavy (non-hydrogen) atoms. The first-order valence-electron chi connectivity index (χ1n) is 1.06. The third kappa shape index (κ3) is 2.15. The molecule has 0 aromatic carbocycles. The zero-order valence-electron chi connectivity index (χ0n) is 2.72. The molecule has 0 unspecified atom stereocenters. The molecule has 0 rings (SSSR count). The fraction of sp³-hybridized carbons (Fsp3) is 0. The molecule has 4 heteroatoms. The molecule has 0 fully saturated rings. The monoisotopic (exact) mass is 162 g/mol. The second kappa shape index (κ2) is 3.09. The minimum absolute atomic E-state index is 1.15. The van der Waals surface area contributed by atoms with Crippen LogP contribution in [-0.4, -0.2) is 0 Å². The van der Waals surface area contributed by atoms with Gasteiger partial charge in [-0.3, -0.25) is 0 Å². The minimum atomic E-state index is -1.15. The molecule has 0 saturated carbocycles. The summed E-state index contributed by atoms with van der Waals surface area (Å²) in [6.07, 6.45) is 0. The van der Waals surface area contributed by atoms with Crippen LogP contribution in [0, 0.1) is 22.1 Å². The van der Waals surface area contributed by atoms with Crippen molar-refractivity contribution < 1.29 is 0 Å². The Labute approximate surface area is 44.9 Å². The lowest BCUT2D eigenvalue weighted by atomic mass is 11.8. The van der Waals surface area contributed by atoms with E-state index in [9.17, 15) is 0 Å². The maximum absolute atomic E-state index is 7.84. The van der Waals surface area contributed by atoms with Crippen LogP contribution in [0.3, 0.4) is 0 Å². The van der Waals surface area contributed by atoms with E-state index in [4.69, 9.17) is 10.5 Å². The van der Waals surface area contributed by atoms with Crippen LogP contribution in [0.2, 0.25) is 0 Å². The third-order valence-corrected chi connectivity index (χ3v) is 1.48. The van der Waals surface area contributed by atoms with Crippen LogP contribution in [0.4, 0.5) is 0 Å². The summed E-state index contributed by atoms with van der Waals surface area (Å²) < 4.78 is 0. The van der Waals surface area contributed by atoms with Crippen molar-refractivity contribution in [1.29, 1.82) is 10.5 Å². The van der Waals surface area contributed by atoms with Gasteiger partial charge in [0, 0.05) is 0 Å². The van der Waals surface area contributed by atoms with Crippen molar-refractivity contribution in [1.82, 2.24) is 0 Å². The second-order valence-electron chi connectivity index (χ2n) is 0.481. The number of hydrogen-bond acceptors (Lipinski definition) is 2. The molecule has 0 aliphatic carbocycles. The van der Waals surface area contributed by atoms with E-state index in [0.717, 1.165) is 0 Å². The zero-order valence-corrected chi connectivity index (χ0v) is 5.20. The molecule has 0 bridgehead atoms. The van der Waals surface area contributed by atoms with Gasteiger partial charge in [0.2, 0.25) is 0 Å². The van der Waals surface area contributed by atoms with Crippen LogP contribution in [0.25, 0.3) is 0 Å². The van der Waals surface area contributed by atoms with Crippen LogP contribution >= 0.6 is 22.1 Å². The number of hydrogen-bond donors (Lipinski definition) is 0. The normalized spacial score (nSPS) is 6.67. The Morgan fingerprint density at radius 3 is 1.67 bits per heavy atom. The molecule has 0 radical (unpaired) electrons. The maximum atomic E-state index is 7.84. The van der Waals surface area contributed by atoms with Crippen molar-refractivity contribution in [3.05, 3.63) is 0 Å². The lowest BCUT2D eigenvalue weighted by molar-refractivity contribution is 1.55. The van der Waals surface area contributed by atoms with Crippen LogP contribution < -0.4 is 0 Å². The summed E-state index contributed by atoms with van der Waals surface area (Å²) in [7, 11) is 0. The molecule has 0 N–H and O–H groups in total. The fourth-order valence-corrected chi connectivity index (χ4v) is 0.0671. The Balaban J connectivity index is 3.40. The Morgan fingerprint density at radius 2 is 1.67 bits per heavy atom. The fourth-order valence-electron chi connectivity index (χ4n) is 0.0224. The average Bonchev–Trinajstić information content (AvgIpc) is 1.65. The number of halogens is 1. The summed E-state index contributed by atoms with van der Waals surface area (Å²) in [6.45, 7) is -1.15. The zero-order chi connectivity index (χ0) is 4.99. The van der Waals surface area contributed by atoms with Gasteiger partial charge in [-0.25, -0.2) is 0 Å². The Morgan fingerprint density at radius 1 is 1.33 bits per heavy atom. The average molecular weight is 163 g/mol. The van der Waals surface area contributed by atoms with Crippen molar-refractivity contribution in [2.45, 2.75) is 0 Å². The summed E-state index contributed by atoms with van der Waals surface area (Å²) in [5.74, 6) is 3.47. The Kier molecular flexibility index (Phi) is 3.04. The lowest BCUT2D eigenvalue weighted by Gasteiger charge is -1.69. The molecular formula is C2BrN2P. The van der Waals surface area contributed by atoms with E-state index in [1.165, 1.54) is 0 Å². The molecule has 0 saturated heterocycles. The number of rotatable bonds is 0. The Hall–Kier alpha value is -0.110. The van der Waals surface area contributed by atoms with Gasteiger partial charge in [-0.15, -0.1) is 0 Å². The SMILES string of the molecule is N#CP(Br)C#N. The molecule has 0 aliphatic rings. The van der Waals surface area contributed by atoms with E-state index < -0.39 is 6.62 Å². The standard InChI is InChI=1S/C2BrN2P/c3-6(1-4)2-5. The summed E-state index contributed by atoms with van der Waals surface area (Å²) in [6, 6.07) is 0. The van der Waals surface area contributed by atoms with E-state index in [1.54, 1.807) is 11.6 Å². The van der Waals surface area contributed by atoms with Gasteiger partial charge in [0.15, 0.2) is 6.62 Å². The van der Waals surface area contributed by atoms with Crippen molar-refractivity contribution >= 4 is 22.1 Å². The minimum Gasteiger partial charge on any atom is -0.191 e. The highest BCUT2D eigenvalue weighted by Crippen LogP contribution is 2.40. The summed E-state index contributed by atoms with van der Waals surface area (Å²) >= 11 is 2.82. The lowest BCUT2D eigenvalue weighted by Crippen LogP contribution is -1.37. The van der Waals surface area contributed by atoms with E-state index >= 15 is 0 Å². The quantitative estimate of drug-likeness (QED) is 0.510. The van der Waals surface area contributed by atoms with Gasteiger partial charge in [0.25, 0.3) is 0 Å². The molecule has 2 nitrogen and oxygen atoms in total. The molecule has 0 aromatic rings. The molecular weight excluding hydrogens is 163 g/mol. The number of nitrogens with zero attached hydrogens (tertiary/aromatic N) is 2. The highest BCUT2D eigenvalue weighted by atomic mass is 79.9. The highest BCUT2D eigenvalue weighted by molar-refractivity contribution is 9.40. The van der Waals surface area contributed by atoms with E-state index in [2.05, 4.69) is 15.5 Å². The maximum Gasteiger partial charge on any atom is 0.179 e. The van der Waals surface area contributed by atoms with Crippen molar-refractivity contribution in [2.24, 2.45) is 0 Å². The molecule has 0 heterocycles. The topological polar surface area (TPSA) is 47.6 Å². The molecule has 30 valence electrons. The molecule has 0 atom stereocenters. The second-order valence-corrected chi connectivity index (χ2v) is 3.57. The van der Waals surface area contributed by atoms with Crippen molar-refractivity contribution in [3.63, 3.8) is 0 Å². The van der Waals surface area contributed by atoms with Gasteiger partial charge in [-0.1, -0.05) is 0 Å². The predicted octanol–water partition coefficient (Wildman–Crippen LogP) is 1.74. The van der Waals surface area contributed by atoms with Crippen LogP contribution in [0.1, 0.15) is 0 Å². The Bertz CT molecular complexity index is 95.7. The van der Waals surface area contributed by atoms with Gasteiger partial charge in [-0.2, -0.15) is 10.5 Å². The summed E-state index contributed by atoms with van der Waals surface area (Å²) in [5.41, 5.74) is 0. The van der Waals surface area contributed by atoms with Gasteiger partial charge in [0.05, 0.1) is 0 Å². The predicted molar refractivity (Wildman–Crippen MR) is 27.1 cm³/mol. The molecule has 0 aromatic heterocycles. The van der Waals surface area contributed by atoms with Crippen LogP contribution in [-0.2, 0) is 0 Å². The third-order valence-electron chi connectivity index (χ3n) is 0.176. The largest absolute Gasteiger partial charge is 0.191 e. The first kappa shape index (κ1) is 5.89. The van der Waals surface area contributed by atoms with Gasteiger partial charge >= 0.3 is 0 Å². The van der Waals surface area contributed by atoms with Crippen molar-refractivity contribution in [3.8, 4) is 11.6 Å². The van der Waals surface area contributed by atoms with Crippen LogP contribution in [0.5, 0.6) is 0 Å². The molecule has 0 spiro atoms. The molecule has 0 amide bonds. The highest BCUT2D eigenvalue weighted by Gasteiger charge is 1.92.